The molecule has 0 atom stereocenters. The van der Waals surface area contributed by atoms with E-state index in [1.54, 1.807) is 4.50 Å². The van der Waals surface area contributed by atoms with Crippen LogP contribution in [0.15, 0.2) is 29.3 Å². The zero-order valence-corrected chi connectivity index (χ0v) is 12.6. The minimum Gasteiger partial charge on any atom is -0.153 e. The summed E-state index contributed by atoms with van der Waals surface area (Å²) in [5.74, 6) is 0. The van der Waals surface area contributed by atoms with Crippen molar-refractivity contribution >= 4 is 23.9 Å². The van der Waals surface area contributed by atoms with Crippen molar-refractivity contribution < 1.29 is 0 Å². The van der Waals surface area contributed by atoms with Gasteiger partial charge in [0.25, 0.3) is 0 Å². The third-order valence-corrected chi connectivity index (χ3v) is 8.04. The normalized spacial score (nSPS) is 12.4. The minimum atomic E-state index is -1.26. The monoisotopic (exact) mass is 252 g/mol. The molecule has 0 unspecified atom stereocenters. The Hall–Kier alpha value is -0.343. The molecule has 0 saturated heterocycles. The van der Waals surface area contributed by atoms with Gasteiger partial charge in [-0.15, -0.1) is 0 Å². The van der Waals surface area contributed by atoms with Gasteiger partial charge in [0.2, 0.25) is 0 Å². The molecular formula is C14H24SSi. The number of thiophene rings is 1. The molecular weight excluding hydrogens is 228 g/mol. The smallest absolute Gasteiger partial charge is 0.116 e. The predicted octanol–water partition coefficient (Wildman–Crippen LogP) is 4.73. The van der Waals surface area contributed by atoms with Crippen LogP contribution in [-0.2, 0) is 0 Å². The first-order valence-corrected chi connectivity index (χ1v) is 10.3. The quantitative estimate of drug-likeness (QED) is 0.486. The van der Waals surface area contributed by atoms with Crippen LogP contribution in [-0.4, -0.2) is 8.07 Å². The average Bonchev–Trinajstić information content (AvgIpc) is 2.77. The van der Waals surface area contributed by atoms with Crippen LogP contribution in [0.5, 0.6) is 0 Å². The molecule has 0 nitrogen and oxygen atoms in total. The summed E-state index contributed by atoms with van der Waals surface area (Å²) in [6.07, 6.45) is 9.16. The Kier molecular flexibility index (Phi) is 6.07. The third-order valence-electron chi connectivity index (χ3n) is 2.92. The molecule has 1 aromatic rings. The van der Waals surface area contributed by atoms with Crippen LogP contribution in [0, 0.1) is 0 Å². The number of allylic oxidation sites excluding steroid dienone is 1. The second-order valence-electron chi connectivity index (χ2n) is 4.95. The standard InChI is InChI=1S/C14H24SSi/c1-4-5-6-7-8-9-13-16(2,3)14-11-10-12-15-14/h9-13H,4-8H2,1-3H3/b13-9-. The highest BCUT2D eigenvalue weighted by Gasteiger charge is 2.20. The first-order valence-electron chi connectivity index (χ1n) is 6.38. The van der Waals surface area contributed by atoms with Crippen LogP contribution >= 0.6 is 11.3 Å². The Morgan fingerprint density at radius 2 is 2.06 bits per heavy atom. The van der Waals surface area contributed by atoms with E-state index >= 15 is 0 Å². The molecule has 0 aliphatic carbocycles. The van der Waals surface area contributed by atoms with Crippen LogP contribution in [0.3, 0.4) is 0 Å². The van der Waals surface area contributed by atoms with E-state index in [0.717, 1.165) is 0 Å². The zero-order chi connectivity index (χ0) is 11.9. The Bertz CT molecular complexity index is 299. The topological polar surface area (TPSA) is 0 Å². The predicted molar refractivity (Wildman–Crippen MR) is 79.3 cm³/mol. The lowest BCUT2D eigenvalue weighted by atomic mass is 10.2. The molecule has 16 heavy (non-hydrogen) atoms. The van der Waals surface area contributed by atoms with Crippen molar-refractivity contribution in [2.45, 2.75) is 52.1 Å². The molecule has 0 amide bonds. The fraction of sp³-hybridized carbons (Fsp3) is 0.571. The number of rotatable bonds is 7. The van der Waals surface area contributed by atoms with Gasteiger partial charge in [0.15, 0.2) is 0 Å². The van der Waals surface area contributed by atoms with Gasteiger partial charge in [0, 0.05) is 0 Å². The second-order valence-corrected chi connectivity index (χ2v) is 10.6. The molecule has 0 radical (unpaired) electrons. The van der Waals surface area contributed by atoms with Crippen molar-refractivity contribution in [1.29, 1.82) is 0 Å². The van der Waals surface area contributed by atoms with Gasteiger partial charge >= 0.3 is 0 Å². The maximum Gasteiger partial charge on any atom is 0.116 e. The first kappa shape index (κ1) is 13.7. The lowest BCUT2D eigenvalue weighted by Crippen LogP contribution is -2.37. The summed E-state index contributed by atoms with van der Waals surface area (Å²) in [6, 6.07) is 4.46. The van der Waals surface area contributed by atoms with Crippen molar-refractivity contribution in [2.24, 2.45) is 0 Å². The van der Waals surface area contributed by atoms with Gasteiger partial charge in [-0.1, -0.05) is 63.2 Å². The van der Waals surface area contributed by atoms with E-state index < -0.39 is 8.07 Å². The fourth-order valence-electron chi connectivity index (χ4n) is 1.79. The highest BCUT2D eigenvalue weighted by Crippen LogP contribution is 2.11. The highest BCUT2D eigenvalue weighted by atomic mass is 32.1. The van der Waals surface area contributed by atoms with E-state index in [4.69, 9.17) is 0 Å². The summed E-state index contributed by atoms with van der Waals surface area (Å²) < 4.78 is 1.59. The number of unbranched alkanes of at least 4 members (excludes halogenated alkanes) is 4. The molecule has 1 heterocycles. The molecule has 0 bridgehead atoms. The van der Waals surface area contributed by atoms with Gasteiger partial charge in [-0.25, -0.2) is 0 Å². The zero-order valence-electron chi connectivity index (χ0n) is 10.8. The number of hydrogen-bond acceptors (Lipinski definition) is 1. The fourth-order valence-corrected chi connectivity index (χ4v) is 5.32. The van der Waals surface area contributed by atoms with Crippen LogP contribution in [0.4, 0.5) is 0 Å². The summed E-state index contributed by atoms with van der Waals surface area (Å²) in [6.45, 7) is 7.13. The SMILES string of the molecule is CCCCCC/C=C\[Si](C)(C)c1cccs1. The number of hydrogen-bond donors (Lipinski definition) is 0. The van der Waals surface area contributed by atoms with Gasteiger partial charge < -0.3 is 0 Å². The molecule has 0 N–H and O–H groups in total. The lowest BCUT2D eigenvalue weighted by molar-refractivity contribution is 0.674. The van der Waals surface area contributed by atoms with E-state index in [0.29, 0.717) is 0 Å². The Morgan fingerprint density at radius 1 is 1.25 bits per heavy atom. The molecule has 0 aliphatic heterocycles. The van der Waals surface area contributed by atoms with Gasteiger partial charge in [-0.05, 0) is 22.7 Å². The summed E-state index contributed by atoms with van der Waals surface area (Å²) in [4.78, 5) is 0. The maximum atomic E-state index is 2.50. The van der Waals surface area contributed by atoms with Gasteiger partial charge in [-0.2, -0.15) is 11.3 Å². The van der Waals surface area contributed by atoms with E-state index in [1.165, 1.54) is 32.1 Å². The van der Waals surface area contributed by atoms with Crippen molar-refractivity contribution in [3.05, 3.63) is 29.3 Å². The van der Waals surface area contributed by atoms with Crippen molar-refractivity contribution in [3.63, 3.8) is 0 Å². The molecule has 0 spiro atoms. The van der Waals surface area contributed by atoms with E-state index in [2.05, 4.69) is 49.3 Å². The molecule has 0 saturated carbocycles. The largest absolute Gasteiger partial charge is 0.153 e. The summed E-state index contributed by atoms with van der Waals surface area (Å²) in [7, 11) is -1.26. The Morgan fingerprint density at radius 3 is 2.69 bits per heavy atom. The van der Waals surface area contributed by atoms with E-state index in [1.807, 2.05) is 11.3 Å². The van der Waals surface area contributed by atoms with Gasteiger partial charge in [-0.3, -0.25) is 0 Å². The molecule has 1 rings (SSSR count). The molecule has 90 valence electrons. The molecule has 2 heteroatoms. The summed E-state index contributed by atoms with van der Waals surface area (Å²) in [5.41, 5.74) is 2.50. The highest BCUT2D eigenvalue weighted by molar-refractivity contribution is 7.26. The molecule has 0 aliphatic rings. The third kappa shape index (κ3) is 4.66. The maximum absolute atomic E-state index is 2.50. The van der Waals surface area contributed by atoms with Gasteiger partial charge in [0.05, 0.1) is 0 Å². The van der Waals surface area contributed by atoms with Crippen molar-refractivity contribution in [3.8, 4) is 0 Å². The second kappa shape index (κ2) is 7.07. The van der Waals surface area contributed by atoms with E-state index in [9.17, 15) is 0 Å². The van der Waals surface area contributed by atoms with E-state index in [-0.39, 0.29) is 0 Å². The van der Waals surface area contributed by atoms with Crippen LogP contribution in [0.2, 0.25) is 13.1 Å². The summed E-state index contributed by atoms with van der Waals surface area (Å²) in [5, 5.41) is 2.19. The van der Waals surface area contributed by atoms with Crippen molar-refractivity contribution in [1.82, 2.24) is 0 Å². The van der Waals surface area contributed by atoms with Crippen molar-refractivity contribution in [2.75, 3.05) is 0 Å². The van der Waals surface area contributed by atoms with Crippen LogP contribution in [0.25, 0.3) is 0 Å². The average molecular weight is 252 g/mol. The Balaban J connectivity index is 2.32. The first-order chi connectivity index (χ1) is 7.67. The van der Waals surface area contributed by atoms with Crippen LogP contribution < -0.4 is 4.50 Å². The lowest BCUT2D eigenvalue weighted by Gasteiger charge is -2.15. The molecule has 0 aromatic carbocycles. The minimum absolute atomic E-state index is 1.26. The summed E-state index contributed by atoms with van der Waals surface area (Å²) >= 11 is 1.91. The van der Waals surface area contributed by atoms with Gasteiger partial charge in [0.1, 0.15) is 8.07 Å². The van der Waals surface area contributed by atoms with Crippen LogP contribution in [0.1, 0.15) is 39.0 Å². The molecule has 1 aromatic heterocycles. The molecule has 0 fully saturated rings. The Labute approximate surface area is 105 Å².